The van der Waals surface area contributed by atoms with Crippen LogP contribution in [0.3, 0.4) is 0 Å². The van der Waals surface area contributed by atoms with Gasteiger partial charge in [0.05, 0.1) is 18.8 Å². The molecular weight excluding hydrogens is 284 g/mol. The van der Waals surface area contributed by atoms with Gasteiger partial charge >= 0.3 is 0 Å². The van der Waals surface area contributed by atoms with Crippen LogP contribution in [0.4, 0.5) is 0 Å². The van der Waals surface area contributed by atoms with Gasteiger partial charge in [0.25, 0.3) is 0 Å². The number of fused-ring (bicyclic) bond motifs is 1. The molecule has 0 saturated carbocycles. The number of aromatic nitrogens is 4. The monoisotopic (exact) mass is 300 g/mol. The lowest BCUT2D eigenvalue weighted by Gasteiger charge is -2.06. The fourth-order valence-electron chi connectivity index (χ4n) is 2.72. The third kappa shape index (κ3) is 2.29. The molecule has 0 aliphatic carbocycles. The van der Waals surface area contributed by atoms with Crippen molar-refractivity contribution in [1.29, 1.82) is 0 Å². The number of aliphatic hydroxyl groups excluding tert-OH is 1. The fourth-order valence-corrected chi connectivity index (χ4v) is 2.72. The van der Waals surface area contributed by atoms with Crippen LogP contribution < -0.4 is 0 Å². The SMILES string of the molecule is OC(O)c1cn2cc(-c3cnn([C@H]4CCOC4)c3)ccc2n1. The van der Waals surface area contributed by atoms with Gasteiger partial charge in [-0.15, -0.1) is 0 Å². The van der Waals surface area contributed by atoms with E-state index in [0.29, 0.717) is 18.3 Å². The molecule has 114 valence electrons. The summed E-state index contributed by atoms with van der Waals surface area (Å²) in [6.45, 7) is 1.49. The molecule has 4 heterocycles. The highest BCUT2D eigenvalue weighted by atomic mass is 16.5. The molecule has 22 heavy (non-hydrogen) atoms. The maximum absolute atomic E-state index is 9.19. The number of rotatable bonds is 3. The zero-order valence-electron chi connectivity index (χ0n) is 11.8. The summed E-state index contributed by atoms with van der Waals surface area (Å²) in [6.07, 6.45) is 6.78. The average Bonchev–Trinajstić information content (AvgIpc) is 3.24. The van der Waals surface area contributed by atoms with Gasteiger partial charge in [0.1, 0.15) is 11.3 Å². The van der Waals surface area contributed by atoms with Gasteiger partial charge in [-0.25, -0.2) is 4.98 Å². The van der Waals surface area contributed by atoms with Crippen LogP contribution in [0.5, 0.6) is 0 Å². The van der Waals surface area contributed by atoms with E-state index in [0.717, 1.165) is 24.2 Å². The number of imidazole rings is 1. The first-order valence-corrected chi connectivity index (χ1v) is 7.18. The molecule has 0 aromatic carbocycles. The maximum atomic E-state index is 9.19. The molecule has 3 aromatic rings. The fraction of sp³-hybridized carbons (Fsp3) is 0.333. The highest BCUT2D eigenvalue weighted by molar-refractivity contribution is 5.63. The Balaban J connectivity index is 1.68. The van der Waals surface area contributed by atoms with Crippen LogP contribution in [0, 0.1) is 0 Å². The summed E-state index contributed by atoms with van der Waals surface area (Å²) in [5.41, 5.74) is 2.90. The number of hydrogen-bond acceptors (Lipinski definition) is 5. The van der Waals surface area contributed by atoms with E-state index in [9.17, 15) is 10.2 Å². The Morgan fingerprint density at radius 3 is 2.86 bits per heavy atom. The number of ether oxygens (including phenoxy) is 1. The number of pyridine rings is 1. The van der Waals surface area contributed by atoms with Gasteiger partial charge < -0.3 is 19.4 Å². The molecule has 4 rings (SSSR count). The third-order valence-electron chi connectivity index (χ3n) is 3.95. The van der Waals surface area contributed by atoms with Crippen molar-refractivity contribution in [3.63, 3.8) is 0 Å². The predicted octanol–water partition coefficient (Wildman–Crippen LogP) is 1.14. The van der Waals surface area contributed by atoms with Crippen molar-refractivity contribution in [3.8, 4) is 11.1 Å². The van der Waals surface area contributed by atoms with Crippen molar-refractivity contribution in [2.24, 2.45) is 0 Å². The van der Waals surface area contributed by atoms with Crippen LogP contribution >= 0.6 is 0 Å². The Labute approximate surface area is 126 Å². The van der Waals surface area contributed by atoms with Crippen molar-refractivity contribution in [2.45, 2.75) is 18.8 Å². The Morgan fingerprint density at radius 2 is 2.09 bits per heavy atom. The zero-order valence-corrected chi connectivity index (χ0v) is 11.8. The average molecular weight is 300 g/mol. The van der Waals surface area contributed by atoms with Crippen LogP contribution in [0.1, 0.15) is 24.4 Å². The van der Waals surface area contributed by atoms with Gasteiger partial charge in [-0.1, -0.05) is 0 Å². The standard InChI is InChI=1S/C15H16N4O3/c20-15(21)13-8-18-6-10(1-2-14(18)17-13)11-5-16-19(7-11)12-3-4-22-9-12/h1-2,5-8,12,15,20-21H,3-4,9H2/t12-/m0/s1. The Bertz CT molecular complexity index is 802. The van der Waals surface area contributed by atoms with Gasteiger partial charge in [-0.05, 0) is 18.6 Å². The van der Waals surface area contributed by atoms with E-state index in [-0.39, 0.29) is 5.69 Å². The Kier molecular flexibility index (Phi) is 3.18. The van der Waals surface area contributed by atoms with Crippen molar-refractivity contribution in [2.75, 3.05) is 13.2 Å². The van der Waals surface area contributed by atoms with Gasteiger partial charge in [0.2, 0.25) is 0 Å². The highest BCUT2D eigenvalue weighted by Gasteiger charge is 2.18. The molecule has 0 amide bonds. The molecule has 7 heteroatoms. The Morgan fingerprint density at radius 1 is 1.18 bits per heavy atom. The molecule has 0 bridgehead atoms. The predicted molar refractivity (Wildman–Crippen MR) is 78.1 cm³/mol. The lowest BCUT2D eigenvalue weighted by atomic mass is 10.1. The van der Waals surface area contributed by atoms with E-state index < -0.39 is 6.29 Å². The minimum absolute atomic E-state index is 0.232. The summed E-state index contributed by atoms with van der Waals surface area (Å²) in [4.78, 5) is 4.14. The normalized spacial score (nSPS) is 18.6. The molecule has 3 aromatic heterocycles. The molecule has 2 N–H and O–H groups in total. The van der Waals surface area contributed by atoms with Crippen molar-refractivity contribution in [1.82, 2.24) is 19.2 Å². The topological polar surface area (TPSA) is 84.8 Å². The van der Waals surface area contributed by atoms with E-state index in [1.807, 2.05) is 35.4 Å². The second kappa shape index (κ2) is 5.20. The molecule has 1 aliphatic heterocycles. The summed E-state index contributed by atoms with van der Waals surface area (Å²) < 4.78 is 9.11. The number of hydrogen-bond donors (Lipinski definition) is 2. The number of nitrogens with zero attached hydrogens (tertiary/aromatic N) is 4. The van der Waals surface area contributed by atoms with Crippen molar-refractivity contribution >= 4 is 5.65 Å². The lowest BCUT2D eigenvalue weighted by Crippen LogP contribution is -2.08. The quantitative estimate of drug-likeness (QED) is 0.709. The highest BCUT2D eigenvalue weighted by Crippen LogP contribution is 2.24. The van der Waals surface area contributed by atoms with Crippen molar-refractivity contribution < 1.29 is 14.9 Å². The molecule has 0 unspecified atom stereocenters. The molecule has 0 radical (unpaired) electrons. The van der Waals surface area contributed by atoms with Crippen LogP contribution in [-0.2, 0) is 4.74 Å². The van der Waals surface area contributed by atoms with E-state index in [1.54, 1.807) is 10.6 Å². The largest absolute Gasteiger partial charge is 0.379 e. The number of aliphatic hydroxyl groups is 2. The van der Waals surface area contributed by atoms with E-state index in [2.05, 4.69) is 10.1 Å². The summed E-state index contributed by atoms with van der Waals surface area (Å²) in [7, 11) is 0. The molecule has 1 aliphatic rings. The van der Waals surface area contributed by atoms with Crippen LogP contribution in [0.2, 0.25) is 0 Å². The summed E-state index contributed by atoms with van der Waals surface area (Å²) >= 11 is 0. The van der Waals surface area contributed by atoms with Gasteiger partial charge in [-0.3, -0.25) is 4.68 Å². The Hall–Kier alpha value is -2.22. The third-order valence-corrected chi connectivity index (χ3v) is 3.95. The summed E-state index contributed by atoms with van der Waals surface area (Å²) in [5, 5.41) is 22.8. The zero-order chi connectivity index (χ0) is 15.1. The first kappa shape index (κ1) is 13.4. The van der Waals surface area contributed by atoms with E-state index >= 15 is 0 Å². The van der Waals surface area contributed by atoms with Gasteiger partial charge in [0.15, 0.2) is 6.29 Å². The summed E-state index contributed by atoms with van der Waals surface area (Å²) in [5.74, 6) is 0. The first-order chi connectivity index (χ1) is 10.7. The van der Waals surface area contributed by atoms with Crippen LogP contribution in [0.15, 0.2) is 36.9 Å². The minimum Gasteiger partial charge on any atom is -0.379 e. The summed E-state index contributed by atoms with van der Waals surface area (Å²) in [6, 6.07) is 4.10. The molecule has 1 saturated heterocycles. The second-order valence-corrected chi connectivity index (χ2v) is 5.45. The first-order valence-electron chi connectivity index (χ1n) is 7.18. The van der Waals surface area contributed by atoms with Gasteiger partial charge in [0, 0.05) is 36.3 Å². The van der Waals surface area contributed by atoms with E-state index in [4.69, 9.17) is 4.74 Å². The molecule has 1 atom stereocenters. The molecule has 0 spiro atoms. The van der Waals surface area contributed by atoms with Crippen molar-refractivity contribution in [3.05, 3.63) is 42.6 Å². The second-order valence-electron chi connectivity index (χ2n) is 5.45. The minimum atomic E-state index is -1.56. The lowest BCUT2D eigenvalue weighted by molar-refractivity contribution is -0.0454. The smallest absolute Gasteiger partial charge is 0.197 e. The van der Waals surface area contributed by atoms with E-state index in [1.165, 1.54) is 0 Å². The van der Waals surface area contributed by atoms with Gasteiger partial charge in [-0.2, -0.15) is 5.10 Å². The molecule has 1 fully saturated rings. The van der Waals surface area contributed by atoms with Crippen LogP contribution in [0.25, 0.3) is 16.8 Å². The van der Waals surface area contributed by atoms with Crippen LogP contribution in [-0.4, -0.2) is 42.6 Å². The molecular formula is C15H16N4O3. The molecule has 7 nitrogen and oxygen atoms in total. The maximum Gasteiger partial charge on any atom is 0.197 e.